The Labute approximate surface area is 182 Å². The van der Waals surface area contributed by atoms with Gasteiger partial charge < -0.3 is 10.2 Å². The highest BCUT2D eigenvalue weighted by Gasteiger charge is 2.72. The molecule has 0 radical (unpaired) electrons. The molecule has 0 bridgehead atoms. The van der Waals surface area contributed by atoms with Crippen LogP contribution in [-0.4, -0.2) is 22.6 Å². The van der Waals surface area contributed by atoms with Gasteiger partial charge >= 0.3 is 12.4 Å². The predicted molar refractivity (Wildman–Crippen MR) is 109 cm³/mol. The van der Waals surface area contributed by atoms with Gasteiger partial charge in [0.05, 0.1) is 0 Å². The molecule has 0 aliphatic heterocycles. The maximum Gasteiger partial charge on any atom is 0.411 e. The fourth-order valence-corrected chi connectivity index (χ4v) is 4.72. The maximum atomic E-state index is 14.5. The van der Waals surface area contributed by atoms with E-state index in [0.717, 1.165) is 37.1 Å². The number of benzene rings is 2. The molecular weight excluding hydrogens is 434 g/mol. The molecule has 3 rings (SSSR count). The maximum absolute atomic E-state index is 14.5. The molecule has 1 saturated carbocycles. The third kappa shape index (κ3) is 4.16. The molecule has 2 aromatic carbocycles. The van der Waals surface area contributed by atoms with E-state index in [0.29, 0.717) is 37.8 Å². The van der Waals surface area contributed by atoms with Crippen molar-refractivity contribution in [1.82, 2.24) is 0 Å². The summed E-state index contributed by atoms with van der Waals surface area (Å²) in [6, 6.07) is 4.89. The molecule has 0 atom stereocenters. The molecule has 176 valence electrons. The minimum atomic E-state index is -5.71. The molecule has 1 aliphatic carbocycles. The fourth-order valence-electron chi connectivity index (χ4n) is 4.72. The van der Waals surface area contributed by atoms with Crippen LogP contribution in [0.5, 0.6) is 11.5 Å². The summed E-state index contributed by atoms with van der Waals surface area (Å²) in [5.41, 5.74) is -6.12. The van der Waals surface area contributed by atoms with Gasteiger partial charge in [-0.25, -0.2) is 0 Å². The summed E-state index contributed by atoms with van der Waals surface area (Å²) in [7, 11) is 0. The van der Waals surface area contributed by atoms with Gasteiger partial charge in [0.15, 0.2) is 0 Å². The Morgan fingerprint density at radius 3 is 1.88 bits per heavy atom. The first-order chi connectivity index (χ1) is 14.9. The second kappa shape index (κ2) is 8.87. The number of alkyl halides is 6. The highest BCUT2D eigenvalue weighted by Crippen LogP contribution is 2.57. The molecule has 32 heavy (non-hydrogen) atoms. The van der Waals surface area contributed by atoms with E-state index < -0.39 is 28.9 Å². The van der Waals surface area contributed by atoms with E-state index in [2.05, 4.69) is 0 Å². The number of phenols is 2. The number of unbranched alkanes of at least 4 members (excludes halogenated alkanes) is 1. The van der Waals surface area contributed by atoms with Crippen LogP contribution in [0.4, 0.5) is 26.3 Å². The number of aryl methyl sites for hydroxylation is 1. The van der Waals surface area contributed by atoms with Gasteiger partial charge in [0.1, 0.15) is 11.5 Å². The van der Waals surface area contributed by atoms with Crippen molar-refractivity contribution in [2.75, 3.05) is 0 Å². The van der Waals surface area contributed by atoms with Crippen molar-refractivity contribution < 1.29 is 36.6 Å². The second-order valence-electron chi connectivity index (χ2n) is 8.45. The zero-order chi connectivity index (χ0) is 23.7. The van der Waals surface area contributed by atoms with E-state index in [-0.39, 0.29) is 35.0 Å². The molecule has 0 heterocycles. The van der Waals surface area contributed by atoms with E-state index in [9.17, 15) is 36.6 Å². The van der Waals surface area contributed by atoms with Crippen LogP contribution >= 0.6 is 0 Å². The molecule has 0 unspecified atom stereocenters. The first kappa shape index (κ1) is 24.3. The number of aromatic hydroxyl groups is 2. The first-order valence-electron chi connectivity index (χ1n) is 10.7. The monoisotopic (exact) mass is 460 g/mol. The normalized spacial score (nSPS) is 16.0. The summed E-state index contributed by atoms with van der Waals surface area (Å²) in [6.07, 6.45) is -7.30. The Bertz CT molecular complexity index is 928. The largest absolute Gasteiger partial charge is 0.508 e. The number of hydrogen-bond acceptors (Lipinski definition) is 2. The molecule has 1 aliphatic rings. The minimum Gasteiger partial charge on any atom is -0.508 e. The van der Waals surface area contributed by atoms with Gasteiger partial charge in [-0.3, -0.25) is 0 Å². The molecular formula is C24H26F6O2. The molecule has 2 aromatic rings. The SMILES string of the molecule is CCCCc1cc(C(c2ccc(O)c(C3CCCC3)c2)(C(F)(F)F)C(F)(F)F)ccc1O. The number of hydrogen-bond donors (Lipinski definition) is 2. The topological polar surface area (TPSA) is 40.5 Å². The van der Waals surface area contributed by atoms with Gasteiger partial charge in [0.2, 0.25) is 5.41 Å². The Hall–Kier alpha value is -2.38. The van der Waals surface area contributed by atoms with Gasteiger partial charge in [-0.15, -0.1) is 0 Å². The lowest BCUT2D eigenvalue weighted by Crippen LogP contribution is -2.54. The van der Waals surface area contributed by atoms with Crippen LogP contribution in [-0.2, 0) is 11.8 Å². The summed E-state index contributed by atoms with van der Waals surface area (Å²) in [4.78, 5) is 0. The zero-order valence-corrected chi connectivity index (χ0v) is 17.7. The molecule has 2 nitrogen and oxygen atoms in total. The minimum absolute atomic E-state index is 0.0389. The van der Waals surface area contributed by atoms with Crippen molar-refractivity contribution in [1.29, 1.82) is 0 Å². The van der Waals surface area contributed by atoms with Crippen molar-refractivity contribution in [3.8, 4) is 11.5 Å². The Kier molecular flexibility index (Phi) is 6.72. The Morgan fingerprint density at radius 1 is 0.812 bits per heavy atom. The van der Waals surface area contributed by atoms with Gasteiger partial charge in [-0.1, -0.05) is 50.5 Å². The number of halogens is 6. The summed E-state index contributed by atoms with van der Waals surface area (Å²) < 4.78 is 86.9. The molecule has 0 amide bonds. The van der Waals surface area contributed by atoms with Gasteiger partial charge in [0.25, 0.3) is 0 Å². The zero-order valence-electron chi connectivity index (χ0n) is 17.7. The Balaban J connectivity index is 2.30. The molecule has 0 spiro atoms. The molecule has 0 saturated heterocycles. The molecule has 0 aromatic heterocycles. The highest BCUT2D eigenvalue weighted by molar-refractivity contribution is 5.51. The smallest absolute Gasteiger partial charge is 0.411 e. The van der Waals surface area contributed by atoms with Gasteiger partial charge in [-0.2, -0.15) is 26.3 Å². The van der Waals surface area contributed by atoms with E-state index in [1.807, 2.05) is 6.92 Å². The van der Waals surface area contributed by atoms with Crippen LogP contribution in [0.15, 0.2) is 36.4 Å². The lowest BCUT2D eigenvalue weighted by atomic mass is 9.71. The van der Waals surface area contributed by atoms with E-state index >= 15 is 0 Å². The standard InChI is InChI=1S/C24H26F6O2/c1-2-3-6-16-13-17(9-11-20(16)31)22(23(25,26)27,24(28,29)30)18-10-12-21(32)19(14-18)15-7-4-5-8-15/h9-15,31-32H,2-8H2,1H3. The van der Waals surface area contributed by atoms with Crippen molar-refractivity contribution in [3.63, 3.8) is 0 Å². The van der Waals surface area contributed by atoms with Crippen LogP contribution in [0.25, 0.3) is 0 Å². The van der Waals surface area contributed by atoms with E-state index in [1.54, 1.807) is 0 Å². The number of rotatable bonds is 6. The summed E-state index contributed by atoms with van der Waals surface area (Å²) in [5, 5.41) is 20.3. The van der Waals surface area contributed by atoms with Gasteiger partial charge in [-0.05, 0) is 66.0 Å². The third-order valence-electron chi connectivity index (χ3n) is 6.42. The van der Waals surface area contributed by atoms with Crippen molar-refractivity contribution >= 4 is 0 Å². The average Bonchev–Trinajstić information content (AvgIpc) is 3.22. The van der Waals surface area contributed by atoms with Crippen LogP contribution < -0.4 is 0 Å². The predicted octanol–water partition coefficient (Wildman–Crippen LogP) is 7.51. The summed E-state index contributed by atoms with van der Waals surface area (Å²) in [6.45, 7) is 1.83. The quantitative estimate of drug-likeness (QED) is 0.438. The third-order valence-corrected chi connectivity index (χ3v) is 6.42. The lowest BCUT2D eigenvalue weighted by Gasteiger charge is -2.39. The fraction of sp³-hybridized carbons (Fsp3) is 0.500. The van der Waals surface area contributed by atoms with Crippen molar-refractivity contribution in [2.24, 2.45) is 0 Å². The van der Waals surface area contributed by atoms with Gasteiger partial charge in [0, 0.05) is 0 Å². The number of phenolic OH excluding ortho intramolecular Hbond substituents is 2. The van der Waals surface area contributed by atoms with Crippen molar-refractivity contribution in [3.05, 3.63) is 58.7 Å². The van der Waals surface area contributed by atoms with Crippen LogP contribution in [0.2, 0.25) is 0 Å². The van der Waals surface area contributed by atoms with E-state index in [4.69, 9.17) is 0 Å². The van der Waals surface area contributed by atoms with E-state index in [1.165, 1.54) is 0 Å². The molecule has 8 heteroatoms. The lowest BCUT2D eigenvalue weighted by molar-refractivity contribution is -0.288. The van der Waals surface area contributed by atoms with Crippen LogP contribution in [0.3, 0.4) is 0 Å². The van der Waals surface area contributed by atoms with Crippen LogP contribution in [0, 0.1) is 0 Å². The molecule has 2 N–H and O–H groups in total. The summed E-state index contributed by atoms with van der Waals surface area (Å²) >= 11 is 0. The average molecular weight is 460 g/mol. The van der Waals surface area contributed by atoms with Crippen molar-refractivity contribution in [2.45, 2.75) is 75.6 Å². The summed E-state index contributed by atoms with van der Waals surface area (Å²) in [5.74, 6) is -0.917. The van der Waals surface area contributed by atoms with Crippen LogP contribution in [0.1, 0.15) is 73.6 Å². The highest BCUT2D eigenvalue weighted by atomic mass is 19.4. The Morgan fingerprint density at radius 2 is 1.34 bits per heavy atom. The second-order valence-corrected chi connectivity index (χ2v) is 8.45. The first-order valence-corrected chi connectivity index (χ1v) is 10.7. The molecule has 1 fully saturated rings.